The van der Waals surface area contributed by atoms with E-state index in [2.05, 4.69) is 20.3 Å². The van der Waals surface area contributed by atoms with Gasteiger partial charge < -0.3 is 24.5 Å². The molecule has 0 radical (unpaired) electrons. The summed E-state index contributed by atoms with van der Waals surface area (Å²) in [4.78, 5) is 56.0. The lowest BCUT2D eigenvalue weighted by Gasteiger charge is -2.23. The average Bonchev–Trinajstić information content (AvgIpc) is 3.38. The number of hydrogen-bond donors (Lipinski definition) is 1. The van der Waals surface area contributed by atoms with E-state index in [4.69, 9.17) is 9.72 Å². The van der Waals surface area contributed by atoms with Crippen molar-refractivity contribution in [3.8, 4) is 17.4 Å². The van der Waals surface area contributed by atoms with Gasteiger partial charge in [-0.05, 0) is 24.1 Å². The summed E-state index contributed by atoms with van der Waals surface area (Å²) in [5, 5.41) is 5.31. The second kappa shape index (κ2) is 12.6. The Kier molecular flexibility index (Phi) is 8.82. The van der Waals surface area contributed by atoms with Gasteiger partial charge in [-0.25, -0.2) is 15.0 Å². The van der Waals surface area contributed by atoms with Crippen molar-refractivity contribution in [3.05, 3.63) is 59.2 Å². The largest absolute Gasteiger partial charge is 0.481 e. The van der Waals surface area contributed by atoms with Gasteiger partial charge >= 0.3 is 0 Å². The molecule has 0 saturated carbocycles. The summed E-state index contributed by atoms with van der Waals surface area (Å²) in [7, 11) is 1.56. The molecule has 0 aliphatic heterocycles. The van der Waals surface area contributed by atoms with E-state index in [9.17, 15) is 14.4 Å². The number of nitrogens with zero attached hydrogens (tertiary/aromatic N) is 5. The Bertz CT molecular complexity index is 1350. The van der Waals surface area contributed by atoms with Crippen molar-refractivity contribution >= 4 is 45.9 Å². The van der Waals surface area contributed by atoms with Gasteiger partial charge in [0.2, 0.25) is 5.88 Å². The number of pyridine rings is 2. The SMILES string of the molecule is COc1ccc(CCNC(=O)c2csc3nc(-c4ccccn4)nc(N(CCC=O)CCC=O)c23)cn1. The van der Waals surface area contributed by atoms with Gasteiger partial charge in [0.1, 0.15) is 28.9 Å². The van der Waals surface area contributed by atoms with Crippen molar-refractivity contribution in [1.29, 1.82) is 0 Å². The van der Waals surface area contributed by atoms with E-state index >= 15 is 0 Å². The summed E-state index contributed by atoms with van der Waals surface area (Å²) in [5.41, 5.74) is 2.00. The second-order valence-electron chi connectivity index (χ2n) is 8.03. The summed E-state index contributed by atoms with van der Waals surface area (Å²) in [6.45, 7) is 1.12. The van der Waals surface area contributed by atoms with Crippen molar-refractivity contribution in [2.75, 3.05) is 31.6 Å². The van der Waals surface area contributed by atoms with Crippen LogP contribution in [0, 0.1) is 0 Å². The molecule has 0 bridgehead atoms. The molecule has 0 saturated heterocycles. The van der Waals surface area contributed by atoms with E-state index in [-0.39, 0.29) is 18.7 Å². The van der Waals surface area contributed by atoms with Crippen LogP contribution in [0.3, 0.4) is 0 Å². The average molecular weight is 519 g/mol. The number of aldehydes is 2. The molecule has 4 rings (SSSR count). The second-order valence-corrected chi connectivity index (χ2v) is 8.89. The summed E-state index contributed by atoms with van der Waals surface area (Å²) >= 11 is 1.33. The maximum atomic E-state index is 13.2. The number of ether oxygens (including phenoxy) is 1. The van der Waals surface area contributed by atoms with Crippen LogP contribution in [0.15, 0.2) is 48.1 Å². The topological polar surface area (TPSA) is 127 Å². The van der Waals surface area contributed by atoms with Gasteiger partial charge in [-0.3, -0.25) is 9.78 Å². The zero-order valence-corrected chi connectivity index (χ0v) is 21.1. The number of carbonyl (C=O) groups is 3. The molecule has 1 amide bonds. The fourth-order valence-electron chi connectivity index (χ4n) is 3.76. The zero-order valence-electron chi connectivity index (χ0n) is 20.3. The molecule has 0 aromatic carbocycles. The molecule has 1 N–H and O–H groups in total. The number of methoxy groups -OCH3 is 1. The van der Waals surface area contributed by atoms with Crippen LogP contribution in [0.4, 0.5) is 5.82 Å². The fourth-order valence-corrected chi connectivity index (χ4v) is 4.68. The van der Waals surface area contributed by atoms with E-state index in [0.29, 0.717) is 65.1 Å². The van der Waals surface area contributed by atoms with E-state index in [1.54, 1.807) is 43.1 Å². The minimum atomic E-state index is -0.256. The third-order valence-electron chi connectivity index (χ3n) is 5.59. The number of aromatic nitrogens is 4. The van der Waals surface area contributed by atoms with Gasteiger partial charge in [-0.15, -0.1) is 11.3 Å². The smallest absolute Gasteiger partial charge is 0.252 e. The van der Waals surface area contributed by atoms with Crippen LogP contribution in [0.1, 0.15) is 28.8 Å². The van der Waals surface area contributed by atoms with Crippen LogP contribution in [0.5, 0.6) is 5.88 Å². The molecule has 0 atom stereocenters. The monoisotopic (exact) mass is 518 g/mol. The molecule has 10 nitrogen and oxygen atoms in total. The molecule has 0 unspecified atom stereocenters. The zero-order chi connectivity index (χ0) is 26.0. The highest BCUT2D eigenvalue weighted by molar-refractivity contribution is 7.17. The number of fused-ring (bicyclic) bond motifs is 1. The van der Waals surface area contributed by atoms with Crippen LogP contribution in [0.2, 0.25) is 0 Å². The number of thiophene rings is 1. The third kappa shape index (κ3) is 6.31. The Balaban J connectivity index is 1.66. The number of amides is 1. The van der Waals surface area contributed by atoms with Crippen LogP contribution in [-0.2, 0) is 16.0 Å². The maximum Gasteiger partial charge on any atom is 0.252 e. The molecular formula is C26H26N6O4S. The number of anilines is 1. The first-order valence-electron chi connectivity index (χ1n) is 11.7. The Morgan fingerprint density at radius 1 is 1.08 bits per heavy atom. The summed E-state index contributed by atoms with van der Waals surface area (Å²) in [6.07, 6.45) is 6.12. The van der Waals surface area contributed by atoms with Gasteiger partial charge in [0.05, 0.1) is 18.1 Å². The van der Waals surface area contributed by atoms with Gasteiger partial charge in [0.15, 0.2) is 5.82 Å². The lowest BCUT2D eigenvalue weighted by Crippen LogP contribution is -2.29. The van der Waals surface area contributed by atoms with Gasteiger partial charge in [-0.1, -0.05) is 12.1 Å². The maximum absolute atomic E-state index is 13.2. The lowest BCUT2D eigenvalue weighted by atomic mass is 10.1. The van der Waals surface area contributed by atoms with Gasteiger partial charge in [0, 0.05) is 56.3 Å². The minimum Gasteiger partial charge on any atom is -0.481 e. The Labute approximate surface area is 217 Å². The number of hydrogen-bond acceptors (Lipinski definition) is 10. The van der Waals surface area contributed by atoms with E-state index in [1.807, 2.05) is 17.0 Å². The minimum absolute atomic E-state index is 0.255. The van der Waals surface area contributed by atoms with E-state index in [1.165, 1.54) is 11.3 Å². The molecule has 0 fully saturated rings. The molecule has 4 heterocycles. The molecule has 0 aliphatic carbocycles. The van der Waals surface area contributed by atoms with E-state index in [0.717, 1.165) is 18.1 Å². The third-order valence-corrected chi connectivity index (χ3v) is 6.46. The van der Waals surface area contributed by atoms with Crippen molar-refractivity contribution in [3.63, 3.8) is 0 Å². The van der Waals surface area contributed by atoms with Crippen molar-refractivity contribution < 1.29 is 19.1 Å². The summed E-state index contributed by atoms with van der Waals surface area (Å²) in [5.74, 6) is 1.18. The Hall–Kier alpha value is -4.25. The summed E-state index contributed by atoms with van der Waals surface area (Å²) < 4.78 is 5.08. The first kappa shape index (κ1) is 25.8. The van der Waals surface area contributed by atoms with Crippen LogP contribution in [0.25, 0.3) is 21.7 Å². The predicted octanol–water partition coefficient (Wildman–Crippen LogP) is 3.11. The first-order chi connectivity index (χ1) is 18.1. The molecule has 37 heavy (non-hydrogen) atoms. The highest BCUT2D eigenvalue weighted by Crippen LogP contribution is 2.34. The van der Waals surface area contributed by atoms with E-state index < -0.39 is 0 Å². The highest BCUT2D eigenvalue weighted by Gasteiger charge is 2.23. The fraction of sp³-hybridized carbons (Fsp3) is 0.269. The van der Waals surface area contributed by atoms with Crippen molar-refractivity contribution in [2.24, 2.45) is 0 Å². The first-order valence-corrected chi connectivity index (χ1v) is 12.6. The normalized spacial score (nSPS) is 10.7. The molecule has 0 spiro atoms. The van der Waals surface area contributed by atoms with Gasteiger partial charge in [0.25, 0.3) is 5.91 Å². The highest BCUT2D eigenvalue weighted by atomic mass is 32.1. The molecule has 4 aromatic rings. The molecule has 190 valence electrons. The molecule has 11 heteroatoms. The molecule has 4 aromatic heterocycles. The van der Waals surface area contributed by atoms with Crippen LogP contribution >= 0.6 is 11.3 Å². The molecule has 0 aliphatic rings. The standard InChI is InChI=1S/C26H26N6O4S/c1-36-21-8-7-18(16-29-21)9-11-28-25(35)19-17-37-26-22(19)24(32(12-4-14-33)13-5-15-34)30-23(31-26)20-6-2-3-10-27-20/h2-3,6-8,10,14-17H,4-5,9,11-13H2,1H3,(H,28,35). The number of nitrogens with one attached hydrogen (secondary N) is 1. The van der Waals surface area contributed by atoms with Gasteiger partial charge in [-0.2, -0.15) is 0 Å². The predicted molar refractivity (Wildman–Crippen MR) is 141 cm³/mol. The molecular weight excluding hydrogens is 492 g/mol. The quantitative estimate of drug-likeness (QED) is 0.266. The lowest BCUT2D eigenvalue weighted by molar-refractivity contribution is -0.108. The van der Waals surface area contributed by atoms with Crippen LogP contribution < -0.4 is 15.0 Å². The van der Waals surface area contributed by atoms with Crippen molar-refractivity contribution in [1.82, 2.24) is 25.3 Å². The number of rotatable bonds is 13. The summed E-state index contributed by atoms with van der Waals surface area (Å²) in [6, 6.07) is 9.14. The Morgan fingerprint density at radius 2 is 1.89 bits per heavy atom. The van der Waals surface area contributed by atoms with Crippen molar-refractivity contribution in [2.45, 2.75) is 19.3 Å². The Morgan fingerprint density at radius 3 is 2.54 bits per heavy atom. The van der Waals surface area contributed by atoms with Crippen LogP contribution in [-0.4, -0.2) is 65.2 Å². The number of carbonyl (C=O) groups excluding carboxylic acids is 3.